The van der Waals surface area contributed by atoms with Crippen LogP contribution >= 0.6 is 0 Å². The Kier molecular flexibility index (Phi) is 6.54. The Bertz CT molecular complexity index is 703. The van der Waals surface area contributed by atoms with Gasteiger partial charge in [-0.15, -0.1) is 0 Å². The van der Waals surface area contributed by atoms with Crippen molar-refractivity contribution in [3.63, 3.8) is 0 Å². The predicted octanol–water partition coefficient (Wildman–Crippen LogP) is 1.94. The normalized spacial score (nSPS) is 18.1. The van der Waals surface area contributed by atoms with E-state index in [1.165, 1.54) is 25.5 Å². The van der Waals surface area contributed by atoms with Crippen LogP contribution < -0.4 is 10.2 Å². The van der Waals surface area contributed by atoms with Gasteiger partial charge >= 0.3 is 0 Å². The highest BCUT2D eigenvalue weighted by atomic mass is 16.2. The lowest BCUT2D eigenvalue weighted by Crippen LogP contribution is -2.50. The first kappa shape index (κ1) is 20.2. The second kappa shape index (κ2) is 9.08. The van der Waals surface area contributed by atoms with E-state index in [1.54, 1.807) is 9.80 Å². The number of carbonyl (C=O) groups excluding carboxylic acids is 3. The molecule has 1 aromatic rings. The molecule has 2 fully saturated rings. The smallest absolute Gasteiger partial charge is 0.233 e. The van der Waals surface area contributed by atoms with Crippen LogP contribution in [0.4, 0.5) is 11.4 Å². The Morgan fingerprint density at radius 1 is 0.929 bits per heavy atom. The number of anilines is 2. The second-order valence-corrected chi connectivity index (χ2v) is 7.83. The molecule has 0 saturated carbocycles. The van der Waals surface area contributed by atoms with E-state index in [4.69, 9.17) is 0 Å². The fourth-order valence-electron chi connectivity index (χ4n) is 3.75. The van der Waals surface area contributed by atoms with Crippen LogP contribution in [0.1, 0.15) is 33.1 Å². The monoisotopic (exact) mass is 386 g/mol. The van der Waals surface area contributed by atoms with Gasteiger partial charge < -0.3 is 20.0 Å². The third-order valence-corrected chi connectivity index (χ3v) is 5.69. The molecule has 2 aliphatic rings. The van der Waals surface area contributed by atoms with Gasteiger partial charge in [0.25, 0.3) is 0 Å². The number of nitrogens with zero attached hydrogens (tertiary/aromatic N) is 3. The molecular formula is C21H30N4O3. The van der Waals surface area contributed by atoms with E-state index in [1.807, 2.05) is 24.3 Å². The summed E-state index contributed by atoms with van der Waals surface area (Å²) in [5, 5.41) is 2.81. The number of carbonyl (C=O) groups is 3. The van der Waals surface area contributed by atoms with Crippen LogP contribution in [0, 0.1) is 5.92 Å². The molecule has 1 aromatic carbocycles. The summed E-state index contributed by atoms with van der Waals surface area (Å²) >= 11 is 0. The molecule has 0 atom stereocenters. The Hall–Kier alpha value is -2.57. The number of hydrogen-bond acceptors (Lipinski definition) is 4. The third-order valence-electron chi connectivity index (χ3n) is 5.69. The molecule has 0 aromatic heterocycles. The molecule has 7 heteroatoms. The third kappa shape index (κ3) is 5.24. The Morgan fingerprint density at radius 2 is 1.50 bits per heavy atom. The van der Waals surface area contributed by atoms with Gasteiger partial charge in [-0.05, 0) is 43.0 Å². The lowest BCUT2D eigenvalue weighted by Gasteiger charge is -2.34. The first-order valence-corrected chi connectivity index (χ1v) is 10.1. The highest BCUT2D eigenvalue weighted by Gasteiger charge is 2.24. The van der Waals surface area contributed by atoms with Crippen LogP contribution in [0.3, 0.4) is 0 Å². The molecule has 28 heavy (non-hydrogen) atoms. The molecule has 2 aliphatic heterocycles. The first-order valence-electron chi connectivity index (χ1n) is 10.1. The van der Waals surface area contributed by atoms with Gasteiger partial charge in [-0.25, -0.2) is 0 Å². The van der Waals surface area contributed by atoms with Gasteiger partial charge in [0.1, 0.15) is 6.42 Å². The van der Waals surface area contributed by atoms with Crippen LogP contribution in [0.15, 0.2) is 24.3 Å². The van der Waals surface area contributed by atoms with E-state index in [0.29, 0.717) is 31.9 Å². The molecule has 0 radical (unpaired) electrons. The van der Waals surface area contributed by atoms with Crippen molar-refractivity contribution in [3.8, 4) is 0 Å². The fourth-order valence-corrected chi connectivity index (χ4v) is 3.75. The Morgan fingerprint density at radius 3 is 2.07 bits per heavy atom. The maximum atomic E-state index is 12.3. The van der Waals surface area contributed by atoms with Crippen molar-refractivity contribution in [3.05, 3.63) is 24.3 Å². The van der Waals surface area contributed by atoms with Crippen molar-refractivity contribution in [1.82, 2.24) is 9.80 Å². The maximum Gasteiger partial charge on any atom is 0.233 e. The number of hydrogen-bond donors (Lipinski definition) is 1. The summed E-state index contributed by atoms with van der Waals surface area (Å²) in [5.41, 5.74) is 1.87. The Labute approximate surface area is 166 Å². The maximum absolute atomic E-state index is 12.3. The molecule has 2 heterocycles. The summed E-state index contributed by atoms with van der Waals surface area (Å²) in [7, 11) is 0. The van der Waals surface area contributed by atoms with Gasteiger partial charge in [0.05, 0.1) is 0 Å². The summed E-state index contributed by atoms with van der Waals surface area (Å²) < 4.78 is 0. The van der Waals surface area contributed by atoms with E-state index < -0.39 is 0 Å². The minimum atomic E-state index is -0.307. The molecule has 2 saturated heterocycles. The van der Waals surface area contributed by atoms with Gasteiger partial charge in [0.2, 0.25) is 17.7 Å². The highest BCUT2D eigenvalue weighted by molar-refractivity contribution is 6.03. The molecule has 0 bridgehead atoms. The van der Waals surface area contributed by atoms with Crippen LogP contribution in [0.25, 0.3) is 0 Å². The van der Waals surface area contributed by atoms with Gasteiger partial charge in [0, 0.05) is 57.6 Å². The number of rotatable bonds is 4. The van der Waals surface area contributed by atoms with Gasteiger partial charge in [0.15, 0.2) is 0 Å². The average molecular weight is 386 g/mol. The molecular weight excluding hydrogens is 356 g/mol. The number of benzene rings is 1. The summed E-state index contributed by atoms with van der Waals surface area (Å²) in [6, 6.07) is 7.82. The van der Waals surface area contributed by atoms with Gasteiger partial charge in [-0.3, -0.25) is 14.4 Å². The SMILES string of the molecule is CC(=O)N1CCN(C(=O)CC(=O)Nc2ccc(N3CCC(C)CC3)cc2)CC1. The van der Waals surface area contributed by atoms with E-state index >= 15 is 0 Å². The van der Waals surface area contributed by atoms with Crippen LogP contribution in [0.5, 0.6) is 0 Å². The minimum absolute atomic E-state index is 0.0207. The molecule has 1 N–H and O–H groups in total. The van der Waals surface area contributed by atoms with Crippen LogP contribution in [0.2, 0.25) is 0 Å². The molecule has 0 spiro atoms. The number of nitrogens with one attached hydrogen (secondary N) is 1. The Balaban J connectivity index is 1.45. The van der Waals surface area contributed by atoms with Crippen molar-refractivity contribution in [2.24, 2.45) is 5.92 Å². The van der Waals surface area contributed by atoms with E-state index in [2.05, 4.69) is 17.1 Å². The zero-order chi connectivity index (χ0) is 20.1. The first-order chi connectivity index (χ1) is 13.4. The standard InChI is InChI=1S/C21H30N4O3/c1-16-7-9-24(10-8-16)19-5-3-18(4-6-19)22-20(27)15-21(28)25-13-11-23(12-14-25)17(2)26/h3-6,16H,7-15H2,1-2H3,(H,22,27). The summed E-state index contributed by atoms with van der Waals surface area (Å²) in [4.78, 5) is 41.6. The largest absolute Gasteiger partial charge is 0.372 e. The van der Waals surface area contributed by atoms with Gasteiger partial charge in [-0.2, -0.15) is 0 Å². The number of piperidine rings is 1. The zero-order valence-corrected chi connectivity index (χ0v) is 16.8. The summed E-state index contributed by atoms with van der Waals surface area (Å²) in [6.07, 6.45) is 2.24. The van der Waals surface area contributed by atoms with Crippen molar-refractivity contribution >= 4 is 29.1 Å². The molecule has 0 aliphatic carbocycles. The molecule has 0 unspecified atom stereocenters. The molecule has 3 amide bonds. The topological polar surface area (TPSA) is 73.0 Å². The number of amides is 3. The average Bonchev–Trinajstić information content (AvgIpc) is 2.69. The zero-order valence-electron chi connectivity index (χ0n) is 16.8. The second-order valence-electron chi connectivity index (χ2n) is 7.83. The lowest BCUT2D eigenvalue weighted by atomic mass is 9.99. The lowest BCUT2D eigenvalue weighted by molar-refractivity contribution is -0.140. The summed E-state index contributed by atoms with van der Waals surface area (Å²) in [5.74, 6) is 0.309. The van der Waals surface area contributed by atoms with E-state index in [9.17, 15) is 14.4 Å². The van der Waals surface area contributed by atoms with Crippen molar-refractivity contribution < 1.29 is 14.4 Å². The molecule has 3 rings (SSSR count). The van der Waals surface area contributed by atoms with Crippen LogP contribution in [-0.2, 0) is 14.4 Å². The van der Waals surface area contributed by atoms with Crippen molar-refractivity contribution in [2.75, 3.05) is 49.5 Å². The fraction of sp³-hybridized carbons (Fsp3) is 0.571. The predicted molar refractivity (Wildman–Crippen MR) is 109 cm³/mol. The quantitative estimate of drug-likeness (QED) is 0.803. The van der Waals surface area contributed by atoms with E-state index in [0.717, 1.165) is 19.0 Å². The minimum Gasteiger partial charge on any atom is -0.372 e. The van der Waals surface area contributed by atoms with Gasteiger partial charge in [-0.1, -0.05) is 6.92 Å². The summed E-state index contributed by atoms with van der Waals surface area (Å²) in [6.45, 7) is 7.97. The highest BCUT2D eigenvalue weighted by Crippen LogP contribution is 2.24. The number of piperazine rings is 1. The van der Waals surface area contributed by atoms with Crippen molar-refractivity contribution in [2.45, 2.75) is 33.1 Å². The molecule has 7 nitrogen and oxygen atoms in total. The van der Waals surface area contributed by atoms with Crippen LogP contribution in [-0.4, -0.2) is 66.8 Å². The van der Waals surface area contributed by atoms with E-state index in [-0.39, 0.29) is 24.1 Å². The van der Waals surface area contributed by atoms with Crippen molar-refractivity contribution in [1.29, 1.82) is 0 Å². The molecule has 152 valence electrons.